The Morgan fingerprint density at radius 3 is 2.68 bits per heavy atom. The first kappa shape index (κ1) is 13.5. The molecule has 96 valence electrons. The number of rotatable bonds is 3. The Hall–Kier alpha value is -1.93. The van der Waals surface area contributed by atoms with Gasteiger partial charge in [-0.3, -0.25) is 0 Å². The second kappa shape index (κ2) is 5.81. The molecule has 1 N–H and O–H groups in total. The smallest absolute Gasteiger partial charge is 0.128 e. The van der Waals surface area contributed by atoms with Crippen LogP contribution in [0, 0.1) is 23.0 Å². The highest BCUT2D eigenvalue weighted by atomic mass is 79.9. The summed E-state index contributed by atoms with van der Waals surface area (Å²) in [5, 5.41) is 11.7. The van der Waals surface area contributed by atoms with E-state index in [0.29, 0.717) is 21.3 Å². The van der Waals surface area contributed by atoms with Gasteiger partial charge in [0.25, 0.3) is 0 Å². The molecule has 0 unspecified atom stereocenters. The minimum atomic E-state index is -0.404. The number of nitrogens with zero attached hydrogens (tertiary/aromatic N) is 1. The van der Waals surface area contributed by atoms with Crippen LogP contribution in [0.3, 0.4) is 0 Å². The van der Waals surface area contributed by atoms with Crippen LogP contribution in [0.15, 0.2) is 40.9 Å². The van der Waals surface area contributed by atoms with Crippen LogP contribution in [0.5, 0.6) is 0 Å². The Kier molecular flexibility index (Phi) is 4.13. The Balaban J connectivity index is 2.19. The van der Waals surface area contributed by atoms with Crippen molar-refractivity contribution in [3.8, 4) is 6.07 Å². The highest BCUT2D eigenvalue weighted by Crippen LogP contribution is 2.24. The maximum atomic E-state index is 13.6. The Labute approximate surface area is 117 Å². The van der Waals surface area contributed by atoms with E-state index >= 15 is 0 Å². The van der Waals surface area contributed by atoms with Gasteiger partial charge < -0.3 is 5.32 Å². The molecule has 2 rings (SSSR count). The molecule has 2 aromatic rings. The van der Waals surface area contributed by atoms with E-state index < -0.39 is 5.82 Å². The van der Waals surface area contributed by atoms with Crippen LogP contribution < -0.4 is 5.32 Å². The number of hydrogen-bond acceptors (Lipinski definition) is 2. The minimum Gasteiger partial charge on any atom is -0.380 e. The molecule has 5 heteroatoms. The van der Waals surface area contributed by atoms with Gasteiger partial charge in [-0.1, -0.05) is 0 Å². The topological polar surface area (TPSA) is 35.8 Å². The molecule has 0 atom stereocenters. The maximum absolute atomic E-state index is 13.6. The van der Waals surface area contributed by atoms with Crippen molar-refractivity contribution < 1.29 is 8.78 Å². The van der Waals surface area contributed by atoms with E-state index in [2.05, 4.69) is 21.2 Å². The van der Waals surface area contributed by atoms with Crippen molar-refractivity contribution in [2.24, 2.45) is 0 Å². The molecule has 0 saturated heterocycles. The number of benzene rings is 2. The molecule has 0 aromatic heterocycles. The zero-order valence-electron chi connectivity index (χ0n) is 9.75. The van der Waals surface area contributed by atoms with E-state index in [0.717, 1.165) is 0 Å². The van der Waals surface area contributed by atoms with E-state index in [4.69, 9.17) is 5.26 Å². The third kappa shape index (κ3) is 3.30. The van der Waals surface area contributed by atoms with E-state index in [9.17, 15) is 8.78 Å². The zero-order valence-corrected chi connectivity index (χ0v) is 11.3. The molecule has 0 saturated carbocycles. The summed E-state index contributed by atoms with van der Waals surface area (Å²) in [6.45, 7) is 0.170. The number of nitriles is 1. The van der Waals surface area contributed by atoms with Gasteiger partial charge in [-0.25, -0.2) is 8.78 Å². The standard InChI is InChI=1S/C14H9BrF2N2/c15-12-3-2-11(16)6-14(12)19-8-10-5-9(7-18)1-4-13(10)17/h1-6,19H,8H2. The molecule has 2 aromatic carbocycles. The Bertz CT molecular complexity index is 650. The normalized spacial score (nSPS) is 10.0. The molecule has 0 radical (unpaired) electrons. The lowest BCUT2D eigenvalue weighted by atomic mass is 10.1. The van der Waals surface area contributed by atoms with Crippen LogP contribution in [0.2, 0.25) is 0 Å². The second-order valence-corrected chi connectivity index (χ2v) is 4.75. The van der Waals surface area contributed by atoms with Crippen molar-refractivity contribution in [2.45, 2.75) is 6.54 Å². The fourth-order valence-electron chi connectivity index (χ4n) is 1.60. The molecular weight excluding hydrogens is 314 g/mol. The Morgan fingerprint density at radius 2 is 1.95 bits per heavy atom. The van der Waals surface area contributed by atoms with Gasteiger partial charge in [0.2, 0.25) is 0 Å². The third-order valence-electron chi connectivity index (χ3n) is 2.57. The van der Waals surface area contributed by atoms with Gasteiger partial charge in [-0.15, -0.1) is 0 Å². The largest absolute Gasteiger partial charge is 0.380 e. The average molecular weight is 323 g/mol. The molecule has 0 aliphatic rings. The molecule has 0 fully saturated rings. The Morgan fingerprint density at radius 1 is 1.16 bits per heavy atom. The molecule has 0 bridgehead atoms. The van der Waals surface area contributed by atoms with Crippen LogP contribution in [-0.2, 0) is 6.54 Å². The van der Waals surface area contributed by atoms with Crippen LogP contribution in [0.4, 0.5) is 14.5 Å². The first-order valence-corrected chi connectivity index (χ1v) is 6.27. The van der Waals surface area contributed by atoms with Crippen molar-refractivity contribution in [1.29, 1.82) is 5.26 Å². The summed E-state index contributed by atoms with van der Waals surface area (Å²) in [4.78, 5) is 0. The zero-order chi connectivity index (χ0) is 13.8. The summed E-state index contributed by atoms with van der Waals surface area (Å²) in [5.74, 6) is -0.782. The van der Waals surface area contributed by atoms with Gasteiger partial charge in [0.1, 0.15) is 11.6 Å². The highest BCUT2D eigenvalue weighted by molar-refractivity contribution is 9.10. The predicted molar refractivity (Wildman–Crippen MR) is 72.5 cm³/mol. The first-order valence-electron chi connectivity index (χ1n) is 5.47. The monoisotopic (exact) mass is 322 g/mol. The lowest BCUT2D eigenvalue weighted by molar-refractivity contribution is 0.612. The van der Waals surface area contributed by atoms with Crippen LogP contribution in [0.1, 0.15) is 11.1 Å². The van der Waals surface area contributed by atoms with Crippen LogP contribution >= 0.6 is 15.9 Å². The van der Waals surface area contributed by atoms with Gasteiger partial charge in [-0.2, -0.15) is 5.26 Å². The fourth-order valence-corrected chi connectivity index (χ4v) is 1.99. The lowest BCUT2D eigenvalue weighted by Gasteiger charge is -2.09. The quantitative estimate of drug-likeness (QED) is 0.918. The number of nitrogens with one attached hydrogen (secondary N) is 1. The average Bonchev–Trinajstić information content (AvgIpc) is 2.41. The molecule has 0 spiro atoms. The van der Waals surface area contributed by atoms with Crippen LogP contribution in [0.25, 0.3) is 0 Å². The van der Waals surface area contributed by atoms with Crippen molar-refractivity contribution in [3.05, 3.63) is 63.6 Å². The van der Waals surface area contributed by atoms with Crippen LogP contribution in [-0.4, -0.2) is 0 Å². The number of hydrogen-bond donors (Lipinski definition) is 1. The number of halogens is 3. The third-order valence-corrected chi connectivity index (χ3v) is 3.26. The molecule has 0 heterocycles. The van der Waals surface area contributed by atoms with Gasteiger partial charge in [-0.05, 0) is 52.3 Å². The minimum absolute atomic E-state index is 0.170. The molecular formula is C14H9BrF2N2. The summed E-state index contributed by atoms with van der Waals surface area (Å²) in [6.07, 6.45) is 0. The molecule has 2 nitrogen and oxygen atoms in total. The van der Waals surface area contributed by atoms with Gasteiger partial charge in [0.15, 0.2) is 0 Å². The summed E-state index contributed by atoms with van der Waals surface area (Å²) in [7, 11) is 0. The fraction of sp³-hybridized carbons (Fsp3) is 0.0714. The molecule has 0 aliphatic carbocycles. The summed E-state index contributed by atoms with van der Waals surface area (Å²) in [6, 6.07) is 10.3. The van der Waals surface area contributed by atoms with Gasteiger partial charge in [0.05, 0.1) is 17.3 Å². The van der Waals surface area contributed by atoms with E-state index in [-0.39, 0.29) is 12.4 Å². The molecule has 0 aliphatic heterocycles. The maximum Gasteiger partial charge on any atom is 0.128 e. The predicted octanol–water partition coefficient (Wildman–Crippen LogP) is 4.21. The lowest BCUT2D eigenvalue weighted by Crippen LogP contribution is -2.03. The highest BCUT2D eigenvalue weighted by Gasteiger charge is 2.06. The first-order chi connectivity index (χ1) is 9.10. The SMILES string of the molecule is N#Cc1ccc(F)c(CNc2cc(F)ccc2Br)c1. The molecule has 19 heavy (non-hydrogen) atoms. The van der Waals surface area contributed by atoms with Crippen molar-refractivity contribution in [3.63, 3.8) is 0 Å². The number of anilines is 1. The summed E-state index contributed by atoms with van der Waals surface area (Å²) in [5.41, 5.74) is 1.27. The van der Waals surface area contributed by atoms with Crippen molar-refractivity contribution >= 4 is 21.6 Å². The van der Waals surface area contributed by atoms with E-state index in [1.54, 1.807) is 6.07 Å². The van der Waals surface area contributed by atoms with Gasteiger partial charge in [0, 0.05) is 16.6 Å². The van der Waals surface area contributed by atoms with E-state index in [1.165, 1.54) is 30.3 Å². The van der Waals surface area contributed by atoms with Crippen molar-refractivity contribution in [1.82, 2.24) is 0 Å². The summed E-state index contributed by atoms with van der Waals surface area (Å²) >= 11 is 3.28. The molecule has 0 amide bonds. The van der Waals surface area contributed by atoms with E-state index in [1.807, 2.05) is 6.07 Å². The van der Waals surface area contributed by atoms with Crippen molar-refractivity contribution in [2.75, 3.05) is 5.32 Å². The second-order valence-electron chi connectivity index (χ2n) is 3.90. The van der Waals surface area contributed by atoms with Gasteiger partial charge >= 0.3 is 0 Å². The summed E-state index contributed by atoms with van der Waals surface area (Å²) < 4.78 is 27.3.